The van der Waals surface area contributed by atoms with Crippen LogP contribution >= 0.6 is 0 Å². The molecule has 0 spiro atoms. The summed E-state index contributed by atoms with van der Waals surface area (Å²) in [5.41, 5.74) is 2.12. The molecule has 7 nitrogen and oxygen atoms in total. The predicted molar refractivity (Wildman–Crippen MR) is 141 cm³/mol. The van der Waals surface area contributed by atoms with Crippen LogP contribution in [-0.2, 0) is 9.59 Å². The van der Waals surface area contributed by atoms with Crippen molar-refractivity contribution in [2.45, 2.75) is 40.2 Å². The van der Waals surface area contributed by atoms with Crippen LogP contribution in [0, 0.1) is 12.8 Å². The van der Waals surface area contributed by atoms with Gasteiger partial charge in [0.2, 0.25) is 0 Å². The monoisotopic (exact) mass is 494 g/mol. The third-order valence-corrected chi connectivity index (χ3v) is 6.09. The minimum atomic E-state index is -0.681. The van der Waals surface area contributed by atoms with E-state index in [9.17, 15) is 14.7 Å². The van der Waals surface area contributed by atoms with Gasteiger partial charge in [-0.25, -0.2) is 0 Å². The van der Waals surface area contributed by atoms with E-state index in [0.29, 0.717) is 49.2 Å². The molecule has 1 N–H and O–H groups in total. The highest BCUT2D eigenvalue weighted by atomic mass is 16.5. The lowest BCUT2D eigenvalue weighted by Gasteiger charge is -2.26. The third kappa shape index (κ3) is 6.26. The number of aliphatic hydroxyl groups excluding tert-OH is 1. The van der Waals surface area contributed by atoms with Gasteiger partial charge in [-0.05, 0) is 88.3 Å². The second kappa shape index (κ2) is 12.1. The van der Waals surface area contributed by atoms with E-state index in [1.807, 2.05) is 63.2 Å². The van der Waals surface area contributed by atoms with Gasteiger partial charge in [0.25, 0.3) is 11.7 Å². The number of rotatable bonds is 11. The normalized spacial score (nSPS) is 17.3. The minimum absolute atomic E-state index is 0.105. The van der Waals surface area contributed by atoms with Crippen LogP contribution in [0.2, 0.25) is 0 Å². The molecule has 1 saturated heterocycles. The number of amides is 1. The fraction of sp³-hybridized carbons (Fsp3) is 0.448. The van der Waals surface area contributed by atoms with E-state index in [1.54, 1.807) is 17.0 Å². The van der Waals surface area contributed by atoms with E-state index in [2.05, 4.69) is 13.8 Å². The van der Waals surface area contributed by atoms with Gasteiger partial charge in [-0.2, -0.15) is 0 Å². The first-order valence-electron chi connectivity index (χ1n) is 12.5. The molecule has 194 valence electrons. The van der Waals surface area contributed by atoms with Crippen molar-refractivity contribution in [1.29, 1.82) is 0 Å². The van der Waals surface area contributed by atoms with Crippen LogP contribution in [0.3, 0.4) is 0 Å². The Morgan fingerprint density at radius 2 is 1.72 bits per heavy atom. The third-order valence-electron chi connectivity index (χ3n) is 6.09. The molecule has 0 bridgehead atoms. The van der Waals surface area contributed by atoms with Gasteiger partial charge in [0, 0.05) is 12.1 Å². The van der Waals surface area contributed by atoms with Gasteiger partial charge in [-0.1, -0.05) is 26.0 Å². The molecular formula is C29H38N2O5. The van der Waals surface area contributed by atoms with Crippen LogP contribution in [0.15, 0.2) is 48.0 Å². The highest BCUT2D eigenvalue weighted by Crippen LogP contribution is 2.40. The predicted octanol–water partition coefficient (Wildman–Crippen LogP) is 4.80. The Balaban J connectivity index is 2.04. The molecule has 0 aromatic heterocycles. The summed E-state index contributed by atoms with van der Waals surface area (Å²) in [4.78, 5) is 30.0. The summed E-state index contributed by atoms with van der Waals surface area (Å²) >= 11 is 0. The molecule has 1 amide bonds. The Morgan fingerprint density at radius 3 is 2.31 bits per heavy atom. The zero-order chi connectivity index (χ0) is 26.4. The van der Waals surface area contributed by atoms with E-state index < -0.39 is 17.7 Å². The zero-order valence-corrected chi connectivity index (χ0v) is 22.2. The number of hydrogen-bond acceptors (Lipinski definition) is 6. The molecule has 1 heterocycles. The molecule has 1 aliphatic heterocycles. The lowest BCUT2D eigenvalue weighted by Crippen LogP contribution is -2.32. The topological polar surface area (TPSA) is 79.3 Å². The summed E-state index contributed by atoms with van der Waals surface area (Å²) in [6.07, 6.45) is 0.703. The van der Waals surface area contributed by atoms with E-state index in [-0.39, 0.29) is 11.3 Å². The van der Waals surface area contributed by atoms with Gasteiger partial charge in [0.15, 0.2) is 0 Å². The van der Waals surface area contributed by atoms with Gasteiger partial charge in [-0.15, -0.1) is 0 Å². The molecule has 3 rings (SSSR count). The zero-order valence-electron chi connectivity index (χ0n) is 22.2. The number of Topliss-reactive ketones (excluding diaryl/α,β-unsaturated/α-hetero) is 1. The maximum atomic E-state index is 13.3. The first-order valence-corrected chi connectivity index (χ1v) is 12.5. The smallest absolute Gasteiger partial charge is 0.295 e. The Morgan fingerprint density at radius 1 is 1.06 bits per heavy atom. The van der Waals surface area contributed by atoms with Gasteiger partial charge in [0.1, 0.15) is 17.3 Å². The van der Waals surface area contributed by atoms with Gasteiger partial charge in [0.05, 0.1) is 24.8 Å². The van der Waals surface area contributed by atoms with Crippen molar-refractivity contribution in [1.82, 2.24) is 9.80 Å². The summed E-state index contributed by atoms with van der Waals surface area (Å²) in [6, 6.07) is 12.0. The van der Waals surface area contributed by atoms with E-state index in [1.165, 1.54) is 0 Å². The van der Waals surface area contributed by atoms with Crippen molar-refractivity contribution in [3.8, 4) is 11.5 Å². The molecule has 2 aromatic carbocycles. The summed E-state index contributed by atoms with van der Waals surface area (Å²) in [7, 11) is 3.94. The summed E-state index contributed by atoms with van der Waals surface area (Å²) < 4.78 is 11.4. The van der Waals surface area contributed by atoms with Gasteiger partial charge < -0.3 is 24.4 Å². The second-order valence-electron chi connectivity index (χ2n) is 9.83. The quantitative estimate of drug-likeness (QED) is 0.275. The molecule has 0 radical (unpaired) electrons. The molecule has 7 heteroatoms. The van der Waals surface area contributed by atoms with Crippen molar-refractivity contribution in [2.75, 3.05) is 40.4 Å². The van der Waals surface area contributed by atoms with Crippen LogP contribution in [0.25, 0.3) is 5.76 Å². The number of nitrogens with zero attached hydrogens (tertiary/aromatic N) is 2. The van der Waals surface area contributed by atoms with Crippen LogP contribution in [-0.4, -0.2) is 67.0 Å². The average Bonchev–Trinajstić information content (AvgIpc) is 3.08. The highest BCUT2D eigenvalue weighted by Gasteiger charge is 2.45. The van der Waals surface area contributed by atoms with Crippen LogP contribution in [0.1, 0.15) is 49.9 Å². The Hall–Kier alpha value is -3.32. The number of ketones is 1. The molecular weight excluding hydrogens is 456 g/mol. The van der Waals surface area contributed by atoms with Crippen molar-refractivity contribution in [3.05, 3.63) is 64.7 Å². The number of aliphatic hydroxyl groups is 1. The van der Waals surface area contributed by atoms with Gasteiger partial charge >= 0.3 is 0 Å². The molecule has 36 heavy (non-hydrogen) atoms. The maximum absolute atomic E-state index is 13.3. The summed E-state index contributed by atoms with van der Waals surface area (Å²) in [5, 5.41) is 11.4. The molecule has 0 saturated carbocycles. The Kier molecular flexibility index (Phi) is 9.15. The van der Waals surface area contributed by atoms with E-state index in [4.69, 9.17) is 9.47 Å². The van der Waals surface area contributed by atoms with Crippen molar-refractivity contribution in [2.24, 2.45) is 5.92 Å². The van der Waals surface area contributed by atoms with E-state index in [0.717, 1.165) is 17.7 Å². The SMILES string of the molecule is CCOc1ccc([C@@H]2/C(=C(\O)c3ccc(OCC(C)C)cc3C)C(=O)C(=O)N2CCCN(C)C)cc1. The number of ether oxygens (including phenoxy) is 2. The lowest BCUT2D eigenvalue weighted by molar-refractivity contribution is -0.139. The lowest BCUT2D eigenvalue weighted by atomic mass is 9.93. The minimum Gasteiger partial charge on any atom is -0.507 e. The van der Waals surface area contributed by atoms with Crippen LogP contribution in [0.4, 0.5) is 0 Å². The number of likely N-dealkylation sites (tertiary alicyclic amines) is 1. The molecule has 1 fully saturated rings. The van der Waals surface area contributed by atoms with Gasteiger partial charge in [-0.3, -0.25) is 9.59 Å². The Bertz CT molecular complexity index is 1110. The largest absolute Gasteiger partial charge is 0.507 e. The molecule has 1 atom stereocenters. The first kappa shape index (κ1) is 27.3. The second-order valence-corrected chi connectivity index (χ2v) is 9.83. The molecule has 2 aromatic rings. The first-order chi connectivity index (χ1) is 17.1. The number of aryl methyl sites for hydroxylation is 1. The van der Waals surface area contributed by atoms with Crippen molar-refractivity contribution in [3.63, 3.8) is 0 Å². The molecule has 0 unspecified atom stereocenters. The number of benzene rings is 2. The maximum Gasteiger partial charge on any atom is 0.295 e. The fourth-order valence-corrected chi connectivity index (χ4v) is 4.33. The van der Waals surface area contributed by atoms with Crippen LogP contribution in [0.5, 0.6) is 11.5 Å². The number of carbonyl (C=O) groups is 2. The summed E-state index contributed by atoms with van der Waals surface area (Å²) in [5.74, 6) is 0.356. The van der Waals surface area contributed by atoms with Crippen LogP contribution < -0.4 is 9.47 Å². The Labute approximate surface area is 214 Å². The highest BCUT2D eigenvalue weighted by molar-refractivity contribution is 6.46. The molecule has 0 aliphatic carbocycles. The standard InChI is InChI=1S/C29H38N2O5/c1-7-35-22-11-9-21(10-12-22)26-25(28(33)29(34)31(26)16-8-15-30(5)6)27(32)24-14-13-23(17-20(24)4)36-18-19(2)3/h9-14,17,19,26,32H,7-8,15-16,18H2,1-6H3/b27-25+/t26-/m1/s1. The van der Waals surface area contributed by atoms with E-state index >= 15 is 0 Å². The van der Waals surface area contributed by atoms with Crippen molar-refractivity contribution < 1.29 is 24.2 Å². The van der Waals surface area contributed by atoms with Crippen molar-refractivity contribution >= 4 is 17.4 Å². The summed E-state index contributed by atoms with van der Waals surface area (Å²) in [6.45, 7) is 10.2. The number of carbonyl (C=O) groups excluding carboxylic acids is 2. The number of hydrogen-bond donors (Lipinski definition) is 1. The fourth-order valence-electron chi connectivity index (χ4n) is 4.33. The molecule has 1 aliphatic rings. The average molecular weight is 495 g/mol.